The minimum absolute atomic E-state index is 0.0697. The standard InChI is InChI=1S/C29H26N2O4.C2HF3O2/c1-16-13-21(17(2)30-23-10-6-5-9-20(23)29(33)34)28-22(14-16)26(32)15-27(35-28)31-24-11-12-25(31)19-8-4-3-7-18(19)24;3-2(4,5)1(6)7/h3-10,13-15,17,24-25,30H,11-12H2,1-2H3,(H,33,34);(H,6,7). The average Bonchev–Trinajstić information content (AvgIpc) is 3.51. The molecule has 1 aromatic heterocycles. The molecule has 1 saturated heterocycles. The molecule has 0 spiro atoms. The third-order valence-electron chi connectivity index (χ3n) is 7.58. The fraction of sp³-hybridized carbons (Fsp3) is 0.258. The molecule has 0 amide bonds. The molecule has 218 valence electrons. The van der Waals surface area contributed by atoms with Crippen LogP contribution in [0.3, 0.4) is 0 Å². The predicted octanol–water partition coefficient (Wildman–Crippen LogP) is 7.00. The van der Waals surface area contributed by atoms with E-state index >= 15 is 0 Å². The SMILES string of the molecule is Cc1cc(C(C)Nc2ccccc2C(=O)O)c2oc(N3C4CCC3c3ccccc34)cc(=O)c2c1.O=C(O)C(F)(F)F. The number of para-hydroxylation sites is 1. The molecular weight excluding hydrogens is 553 g/mol. The molecule has 3 unspecified atom stereocenters. The van der Waals surface area contributed by atoms with Gasteiger partial charge in [-0.2, -0.15) is 13.2 Å². The van der Waals surface area contributed by atoms with Crippen molar-refractivity contribution in [2.24, 2.45) is 0 Å². The summed E-state index contributed by atoms with van der Waals surface area (Å²) in [6.07, 6.45) is -3.01. The number of alkyl halides is 3. The number of benzene rings is 3. The summed E-state index contributed by atoms with van der Waals surface area (Å²) in [5, 5.41) is 20.6. The van der Waals surface area contributed by atoms with Gasteiger partial charge in [-0.25, -0.2) is 9.59 Å². The highest BCUT2D eigenvalue weighted by atomic mass is 19.4. The van der Waals surface area contributed by atoms with Gasteiger partial charge in [0.25, 0.3) is 0 Å². The first-order valence-electron chi connectivity index (χ1n) is 13.2. The van der Waals surface area contributed by atoms with Crippen LogP contribution < -0.4 is 15.6 Å². The second kappa shape index (κ2) is 10.9. The highest BCUT2D eigenvalue weighted by Crippen LogP contribution is 2.54. The van der Waals surface area contributed by atoms with Crippen LogP contribution in [0.2, 0.25) is 0 Å². The summed E-state index contributed by atoms with van der Waals surface area (Å²) >= 11 is 0. The van der Waals surface area contributed by atoms with Crippen molar-refractivity contribution >= 4 is 34.5 Å². The van der Waals surface area contributed by atoms with Gasteiger partial charge in [0, 0.05) is 17.3 Å². The lowest BCUT2D eigenvalue weighted by atomic mass is 9.92. The Kier molecular flexibility index (Phi) is 7.44. The van der Waals surface area contributed by atoms with Gasteiger partial charge in [0.1, 0.15) is 5.58 Å². The molecule has 1 fully saturated rings. The van der Waals surface area contributed by atoms with Crippen molar-refractivity contribution in [3.8, 4) is 0 Å². The number of rotatable bonds is 5. The van der Waals surface area contributed by atoms with E-state index in [1.807, 2.05) is 26.0 Å². The molecule has 6 rings (SSSR count). The molecule has 4 aromatic rings. The number of carboxylic acid groups (broad SMARTS) is 2. The Morgan fingerprint density at radius 1 is 0.976 bits per heavy atom. The van der Waals surface area contributed by atoms with Crippen LogP contribution in [0.4, 0.5) is 24.7 Å². The van der Waals surface area contributed by atoms with E-state index in [9.17, 15) is 27.9 Å². The number of aliphatic carboxylic acids is 1. The average molecular weight is 581 g/mol. The summed E-state index contributed by atoms with van der Waals surface area (Å²) in [6, 6.07) is 20.9. The summed E-state index contributed by atoms with van der Waals surface area (Å²) in [6.45, 7) is 3.90. The number of hydrogen-bond donors (Lipinski definition) is 3. The Labute approximate surface area is 238 Å². The van der Waals surface area contributed by atoms with Crippen molar-refractivity contribution in [3.63, 3.8) is 0 Å². The highest BCUT2D eigenvalue weighted by molar-refractivity contribution is 5.94. The lowest BCUT2D eigenvalue weighted by molar-refractivity contribution is -0.192. The van der Waals surface area contributed by atoms with Crippen LogP contribution in [0, 0.1) is 6.92 Å². The Balaban J connectivity index is 0.000000451. The lowest BCUT2D eigenvalue weighted by Gasteiger charge is -2.24. The third kappa shape index (κ3) is 5.29. The molecule has 2 aliphatic rings. The smallest absolute Gasteiger partial charge is 0.478 e. The van der Waals surface area contributed by atoms with Crippen LogP contribution in [0.1, 0.15) is 70.5 Å². The van der Waals surface area contributed by atoms with Crippen molar-refractivity contribution in [2.45, 2.75) is 51.0 Å². The Hall–Kier alpha value is -4.80. The van der Waals surface area contributed by atoms with Crippen LogP contribution in [0.15, 0.2) is 75.9 Å². The minimum Gasteiger partial charge on any atom is -0.478 e. The van der Waals surface area contributed by atoms with E-state index in [1.54, 1.807) is 30.3 Å². The first-order chi connectivity index (χ1) is 19.9. The number of aromatic carboxylic acids is 1. The number of carboxylic acids is 2. The largest absolute Gasteiger partial charge is 0.490 e. The van der Waals surface area contributed by atoms with E-state index < -0.39 is 18.1 Å². The van der Waals surface area contributed by atoms with Gasteiger partial charge in [-0.1, -0.05) is 42.5 Å². The number of nitrogens with one attached hydrogen (secondary N) is 1. The Bertz CT molecular complexity index is 1720. The van der Waals surface area contributed by atoms with Crippen LogP contribution in [-0.2, 0) is 4.79 Å². The number of halogens is 3. The van der Waals surface area contributed by atoms with E-state index in [-0.39, 0.29) is 29.1 Å². The van der Waals surface area contributed by atoms with Gasteiger partial charge < -0.3 is 24.8 Å². The summed E-state index contributed by atoms with van der Waals surface area (Å²) in [4.78, 5) is 36.2. The maximum Gasteiger partial charge on any atom is 0.490 e. The third-order valence-corrected chi connectivity index (χ3v) is 7.58. The number of fused-ring (bicyclic) bond motifs is 6. The summed E-state index contributed by atoms with van der Waals surface area (Å²) in [5.41, 5.74) is 5.59. The zero-order chi connectivity index (χ0) is 30.3. The highest BCUT2D eigenvalue weighted by Gasteiger charge is 2.45. The molecule has 3 N–H and O–H groups in total. The predicted molar refractivity (Wildman–Crippen MR) is 150 cm³/mol. The Morgan fingerprint density at radius 2 is 1.55 bits per heavy atom. The second-order valence-electron chi connectivity index (χ2n) is 10.3. The number of carbonyl (C=O) groups is 2. The topological polar surface area (TPSA) is 120 Å². The molecule has 0 aliphatic carbocycles. The van der Waals surface area contributed by atoms with Crippen LogP contribution >= 0.6 is 0 Å². The molecule has 3 heterocycles. The van der Waals surface area contributed by atoms with E-state index in [0.717, 1.165) is 24.0 Å². The number of aryl methyl sites for hydroxylation is 1. The lowest BCUT2D eigenvalue weighted by Crippen LogP contribution is -2.21. The molecule has 0 radical (unpaired) electrons. The number of anilines is 2. The summed E-state index contributed by atoms with van der Waals surface area (Å²) in [5.74, 6) is -3.16. The van der Waals surface area contributed by atoms with E-state index in [4.69, 9.17) is 14.3 Å². The molecular formula is C31H27F3N2O6. The monoisotopic (exact) mass is 580 g/mol. The van der Waals surface area contributed by atoms with E-state index in [0.29, 0.717) is 22.5 Å². The molecule has 11 heteroatoms. The van der Waals surface area contributed by atoms with Crippen molar-refractivity contribution in [2.75, 3.05) is 10.2 Å². The second-order valence-corrected chi connectivity index (χ2v) is 10.3. The minimum atomic E-state index is -5.08. The zero-order valence-electron chi connectivity index (χ0n) is 22.6. The van der Waals surface area contributed by atoms with E-state index in [1.165, 1.54) is 11.1 Å². The normalized spacial score (nSPS) is 17.8. The quantitative estimate of drug-likeness (QED) is 0.231. The number of hydrogen-bond acceptors (Lipinski definition) is 6. The summed E-state index contributed by atoms with van der Waals surface area (Å²) in [7, 11) is 0. The van der Waals surface area contributed by atoms with Gasteiger partial charge >= 0.3 is 18.1 Å². The van der Waals surface area contributed by atoms with E-state index in [2.05, 4.69) is 34.5 Å². The fourth-order valence-electron chi connectivity index (χ4n) is 5.82. The van der Waals surface area contributed by atoms with Gasteiger partial charge in [0.05, 0.1) is 29.1 Å². The molecule has 0 saturated carbocycles. The van der Waals surface area contributed by atoms with Crippen LogP contribution in [0.25, 0.3) is 11.0 Å². The molecule has 2 bridgehead atoms. The van der Waals surface area contributed by atoms with Crippen LogP contribution in [-0.4, -0.2) is 28.3 Å². The fourth-order valence-corrected chi connectivity index (χ4v) is 5.82. The molecule has 3 atom stereocenters. The van der Waals surface area contributed by atoms with Gasteiger partial charge in [-0.05, 0) is 61.6 Å². The Morgan fingerprint density at radius 3 is 2.12 bits per heavy atom. The maximum absolute atomic E-state index is 13.3. The van der Waals surface area contributed by atoms with Gasteiger partial charge in [-0.3, -0.25) is 4.79 Å². The van der Waals surface area contributed by atoms with Crippen molar-refractivity contribution < 1.29 is 37.4 Å². The summed E-state index contributed by atoms with van der Waals surface area (Å²) < 4.78 is 38.3. The van der Waals surface area contributed by atoms with Gasteiger partial charge in [0.15, 0.2) is 5.43 Å². The van der Waals surface area contributed by atoms with Crippen molar-refractivity contribution in [1.82, 2.24) is 0 Å². The van der Waals surface area contributed by atoms with Crippen LogP contribution in [0.5, 0.6) is 0 Å². The van der Waals surface area contributed by atoms with Crippen molar-refractivity contribution in [3.05, 3.63) is 105 Å². The van der Waals surface area contributed by atoms with Gasteiger partial charge in [0.2, 0.25) is 5.88 Å². The first-order valence-corrected chi connectivity index (χ1v) is 13.2. The molecule has 3 aromatic carbocycles. The molecule has 2 aliphatic heterocycles. The zero-order valence-corrected chi connectivity index (χ0v) is 22.6. The maximum atomic E-state index is 13.3. The van der Waals surface area contributed by atoms with Crippen molar-refractivity contribution in [1.29, 1.82) is 0 Å². The molecule has 42 heavy (non-hydrogen) atoms. The number of nitrogens with zero attached hydrogens (tertiary/aromatic N) is 1. The molecule has 8 nitrogen and oxygen atoms in total. The first kappa shape index (κ1) is 28.7. The van der Waals surface area contributed by atoms with Gasteiger partial charge in [-0.15, -0.1) is 0 Å².